The maximum Gasteiger partial charge on any atom is 0.0612 e. The molecule has 0 aliphatic rings. The van der Waals surface area contributed by atoms with Crippen LogP contribution in [0.3, 0.4) is 0 Å². The first-order valence-corrected chi connectivity index (χ1v) is 4.75. The van der Waals surface area contributed by atoms with Gasteiger partial charge in [0.2, 0.25) is 0 Å². The first kappa shape index (κ1) is 7.95. The van der Waals surface area contributed by atoms with Crippen LogP contribution in [0.1, 0.15) is 0 Å². The zero-order valence-electron chi connectivity index (χ0n) is 6.17. The molecule has 0 fully saturated rings. The molecule has 2 aromatic rings. The number of pyridine rings is 1. The highest BCUT2D eigenvalue weighted by atomic mass is 79.9. The van der Waals surface area contributed by atoms with E-state index in [1.807, 2.05) is 30.5 Å². The Labute approximate surface area is 83.6 Å². The number of hydrogen-bond donors (Lipinski definition) is 1. The molecule has 0 unspecified atom stereocenters. The van der Waals surface area contributed by atoms with E-state index in [9.17, 15) is 0 Å². The summed E-state index contributed by atoms with van der Waals surface area (Å²) < 4.78 is 1.93. The summed E-state index contributed by atoms with van der Waals surface area (Å²) in [5.74, 6) is 0. The van der Waals surface area contributed by atoms with Crippen LogP contribution in [0.4, 0.5) is 0 Å². The Morgan fingerprint density at radius 1 is 1.25 bits per heavy atom. The number of benzene rings is 1. The highest BCUT2D eigenvalue weighted by Crippen LogP contribution is 2.21. The Hall–Kier alpha value is -0.670. The monoisotopic (exact) mass is 239 g/mol. The van der Waals surface area contributed by atoms with Crippen LogP contribution < -0.4 is 0 Å². The Balaban J connectivity index is 3.05. The van der Waals surface area contributed by atoms with Gasteiger partial charge in [0.05, 0.1) is 5.52 Å². The molecule has 3 heteroatoms. The van der Waals surface area contributed by atoms with Gasteiger partial charge in [-0.1, -0.05) is 24.4 Å². The van der Waals surface area contributed by atoms with Crippen LogP contribution in [0.15, 0.2) is 34.9 Å². The number of fused-ring (bicyclic) bond motifs is 1. The first-order valence-electron chi connectivity index (χ1n) is 3.55. The molecule has 60 valence electrons. The van der Waals surface area contributed by atoms with Crippen molar-refractivity contribution in [1.29, 1.82) is 0 Å². The Morgan fingerprint density at radius 2 is 2.08 bits per heavy atom. The molecule has 1 heterocycles. The molecular formula is C9H6BrNS. The lowest BCUT2D eigenvalue weighted by atomic mass is 10.2. The molecule has 1 aromatic carbocycles. The summed E-state index contributed by atoms with van der Waals surface area (Å²) >= 11 is 8.63. The molecule has 1 aromatic heterocycles. The maximum absolute atomic E-state index is 5.17. The van der Waals surface area contributed by atoms with Crippen molar-refractivity contribution in [1.82, 2.24) is 4.98 Å². The van der Waals surface area contributed by atoms with Crippen LogP contribution in [0.2, 0.25) is 0 Å². The zero-order chi connectivity index (χ0) is 8.55. The van der Waals surface area contributed by atoms with E-state index in [2.05, 4.69) is 20.9 Å². The van der Waals surface area contributed by atoms with Gasteiger partial charge in [0.25, 0.3) is 0 Å². The second kappa shape index (κ2) is 2.99. The van der Waals surface area contributed by atoms with Gasteiger partial charge in [-0.3, -0.25) is 0 Å². The van der Waals surface area contributed by atoms with Crippen LogP contribution >= 0.6 is 28.1 Å². The maximum atomic E-state index is 5.17. The number of aromatic nitrogens is 1. The van der Waals surface area contributed by atoms with Gasteiger partial charge < -0.3 is 4.98 Å². The lowest BCUT2D eigenvalue weighted by Crippen LogP contribution is -1.79. The van der Waals surface area contributed by atoms with E-state index >= 15 is 0 Å². The standard InChI is InChI=1S/C9H6BrNS/c10-7-3-1-2-6-8(12)4-5-11-9(6)7/h1-5H,(H,11,12). The van der Waals surface area contributed by atoms with Gasteiger partial charge in [-0.25, -0.2) is 0 Å². The van der Waals surface area contributed by atoms with E-state index in [0.717, 1.165) is 19.9 Å². The van der Waals surface area contributed by atoms with Gasteiger partial charge in [0.15, 0.2) is 0 Å². The normalized spacial score (nSPS) is 10.4. The third kappa shape index (κ3) is 1.19. The smallest absolute Gasteiger partial charge is 0.0612 e. The lowest BCUT2D eigenvalue weighted by Gasteiger charge is -1.98. The molecule has 0 aliphatic heterocycles. The van der Waals surface area contributed by atoms with E-state index in [-0.39, 0.29) is 0 Å². The minimum atomic E-state index is 0.880. The van der Waals surface area contributed by atoms with Crippen LogP contribution in [0.25, 0.3) is 10.9 Å². The lowest BCUT2D eigenvalue weighted by molar-refractivity contribution is 1.40. The summed E-state index contributed by atoms with van der Waals surface area (Å²) in [5, 5.41) is 1.09. The van der Waals surface area contributed by atoms with Gasteiger partial charge in [-0.05, 0) is 28.1 Å². The van der Waals surface area contributed by atoms with Crippen molar-refractivity contribution >= 4 is 39.1 Å². The van der Waals surface area contributed by atoms with Gasteiger partial charge in [-0.15, -0.1) is 0 Å². The third-order valence-corrected chi connectivity index (χ3v) is 2.76. The Kier molecular flexibility index (Phi) is 1.98. The molecule has 0 saturated heterocycles. The second-order valence-corrected chi connectivity index (χ2v) is 3.80. The van der Waals surface area contributed by atoms with Crippen molar-refractivity contribution in [3.05, 3.63) is 39.4 Å². The van der Waals surface area contributed by atoms with Crippen molar-refractivity contribution in [3.8, 4) is 0 Å². The van der Waals surface area contributed by atoms with E-state index in [1.165, 1.54) is 0 Å². The SMILES string of the molecule is S=c1cc[nH]c2c(Br)cccc12. The number of aromatic amines is 1. The van der Waals surface area contributed by atoms with Gasteiger partial charge in [0, 0.05) is 20.6 Å². The van der Waals surface area contributed by atoms with Crippen molar-refractivity contribution in [2.45, 2.75) is 0 Å². The van der Waals surface area contributed by atoms with Gasteiger partial charge >= 0.3 is 0 Å². The highest BCUT2D eigenvalue weighted by Gasteiger charge is 1.97. The molecule has 0 amide bonds. The number of rotatable bonds is 0. The highest BCUT2D eigenvalue weighted by molar-refractivity contribution is 9.10. The average molecular weight is 240 g/mol. The molecule has 2 rings (SSSR count). The third-order valence-electron chi connectivity index (χ3n) is 1.74. The largest absolute Gasteiger partial charge is 0.360 e. The van der Waals surface area contributed by atoms with E-state index < -0.39 is 0 Å². The van der Waals surface area contributed by atoms with E-state index in [0.29, 0.717) is 0 Å². The summed E-state index contributed by atoms with van der Waals surface area (Å²) in [4.78, 5) is 3.15. The molecule has 0 radical (unpaired) electrons. The van der Waals surface area contributed by atoms with E-state index in [1.54, 1.807) is 0 Å². The van der Waals surface area contributed by atoms with Crippen LogP contribution in [-0.4, -0.2) is 4.98 Å². The van der Waals surface area contributed by atoms with Crippen molar-refractivity contribution in [2.75, 3.05) is 0 Å². The Bertz CT molecular complexity index is 475. The second-order valence-electron chi connectivity index (χ2n) is 2.50. The minimum absolute atomic E-state index is 0.880. The summed E-state index contributed by atoms with van der Waals surface area (Å²) in [5.41, 5.74) is 1.06. The summed E-state index contributed by atoms with van der Waals surface area (Å²) in [6, 6.07) is 7.88. The fourth-order valence-corrected chi connectivity index (χ4v) is 1.89. The number of halogens is 1. The molecule has 0 atom stereocenters. The molecule has 0 aliphatic carbocycles. The van der Waals surface area contributed by atoms with Crippen molar-refractivity contribution in [3.63, 3.8) is 0 Å². The summed E-state index contributed by atoms with van der Waals surface area (Å²) in [7, 11) is 0. The van der Waals surface area contributed by atoms with Crippen molar-refractivity contribution < 1.29 is 0 Å². The molecule has 0 spiro atoms. The number of hydrogen-bond acceptors (Lipinski definition) is 1. The molecule has 1 nitrogen and oxygen atoms in total. The molecule has 12 heavy (non-hydrogen) atoms. The number of para-hydroxylation sites is 1. The van der Waals surface area contributed by atoms with Gasteiger partial charge in [-0.2, -0.15) is 0 Å². The van der Waals surface area contributed by atoms with Crippen LogP contribution in [0.5, 0.6) is 0 Å². The Morgan fingerprint density at radius 3 is 2.83 bits per heavy atom. The molecule has 1 N–H and O–H groups in total. The number of H-pyrrole nitrogens is 1. The molecule has 0 bridgehead atoms. The summed E-state index contributed by atoms with van der Waals surface area (Å²) in [6.07, 6.45) is 1.86. The van der Waals surface area contributed by atoms with Crippen LogP contribution in [-0.2, 0) is 0 Å². The average Bonchev–Trinajstić information content (AvgIpc) is 2.07. The van der Waals surface area contributed by atoms with Crippen molar-refractivity contribution in [2.24, 2.45) is 0 Å². The molecule has 0 saturated carbocycles. The predicted molar refractivity (Wildman–Crippen MR) is 56.8 cm³/mol. The fraction of sp³-hybridized carbons (Fsp3) is 0. The first-order chi connectivity index (χ1) is 5.79. The topological polar surface area (TPSA) is 15.8 Å². The fourth-order valence-electron chi connectivity index (χ4n) is 1.17. The number of nitrogens with one attached hydrogen (secondary N) is 1. The summed E-state index contributed by atoms with van der Waals surface area (Å²) in [6.45, 7) is 0. The quantitative estimate of drug-likeness (QED) is 0.695. The predicted octanol–water partition coefficient (Wildman–Crippen LogP) is 3.66. The van der Waals surface area contributed by atoms with E-state index in [4.69, 9.17) is 12.2 Å². The van der Waals surface area contributed by atoms with Crippen LogP contribution in [0, 0.1) is 4.51 Å². The minimum Gasteiger partial charge on any atom is -0.360 e. The molecular weight excluding hydrogens is 234 g/mol. The van der Waals surface area contributed by atoms with Gasteiger partial charge in [0.1, 0.15) is 0 Å². The zero-order valence-corrected chi connectivity index (χ0v) is 8.58.